The first-order valence-corrected chi connectivity index (χ1v) is 5.99. The normalized spacial score (nSPS) is 13.9. The summed E-state index contributed by atoms with van der Waals surface area (Å²) in [7, 11) is 0. The lowest BCUT2D eigenvalue weighted by atomic mass is 10.1. The summed E-state index contributed by atoms with van der Waals surface area (Å²) >= 11 is 3.34. The van der Waals surface area contributed by atoms with Crippen molar-refractivity contribution in [3.05, 3.63) is 40.7 Å². The first-order valence-electron chi connectivity index (χ1n) is 4.87. The molecule has 0 amide bonds. The Balaban J connectivity index is 2.46. The van der Waals surface area contributed by atoms with Crippen molar-refractivity contribution in [3.8, 4) is 0 Å². The van der Waals surface area contributed by atoms with E-state index in [9.17, 15) is 9.18 Å². The fourth-order valence-corrected chi connectivity index (χ4v) is 2.25. The molecule has 0 saturated carbocycles. The van der Waals surface area contributed by atoms with Crippen molar-refractivity contribution in [3.63, 3.8) is 0 Å². The predicted molar refractivity (Wildman–Crippen MR) is 62.6 cm³/mol. The van der Waals surface area contributed by atoms with Gasteiger partial charge in [0.05, 0.1) is 0 Å². The average molecular weight is 285 g/mol. The average Bonchev–Trinajstić information content (AvgIpc) is 2.56. The number of allylic oxidation sites excluding steroid dienone is 1. The first kappa shape index (κ1) is 11.3. The number of alkyl halides is 1. The number of fused-ring (bicyclic) bond motifs is 1. The highest BCUT2D eigenvalue weighted by molar-refractivity contribution is 9.09. The lowest BCUT2D eigenvalue weighted by Gasteiger charge is -2.06. The third kappa shape index (κ3) is 2.02. The zero-order valence-electron chi connectivity index (χ0n) is 8.72. The van der Waals surface area contributed by atoms with Crippen LogP contribution in [0.3, 0.4) is 0 Å². The summed E-state index contributed by atoms with van der Waals surface area (Å²) in [5.74, 6) is -0.205. The number of benzene rings is 1. The maximum absolute atomic E-state index is 13.1. The molecule has 0 aliphatic heterocycles. The number of ether oxygens (including phenoxy) is 1. The lowest BCUT2D eigenvalue weighted by Crippen LogP contribution is -1.99. The van der Waals surface area contributed by atoms with Gasteiger partial charge in [0.15, 0.2) is 0 Å². The molecule has 16 heavy (non-hydrogen) atoms. The minimum atomic E-state index is -0.384. The molecule has 1 aliphatic rings. The smallest absolute Gasteiger partial charge is 0.308 e. The molecule has 2 rings (SSSR count). The molecule has 0 aromatic heterocycles. The van der Waals surface area contributed by atoms with Crippen LogP contribution in [-0.4, -0.2) is 11.3 Å². The predicted octanol–water partition coefficient (Wildman–Crippen LogP) is 3.05. The number of halogens is 2. The molecule has 1 aliphatic carbocycles. The quantitative estimate of drug-likeness (QED) is 0.616. The molecule has 2 nitrogen and oxygen atoms in total. The molecule has 0 fully saturated rings. The second kappa shape index (κ2) is 4.37. The van der Waals surface area contributed by atoms with E-state index in [-0.39, 0.29) is 11.8 Å². The fraction of sp³-hybridized carbons (Fsp3) is 0.250. The van der Waals surface area contributed by atoms with Crippen LogP contribution in [0.4, 0.5) is 4.39 Å². The van der Waals surface area contributed by atoms with E-state index < -0.39 is 0 Å². The molecular weight excluding hydrogens is 275 g/mol. The van der Waals surface area contributed by atoms with Crippen molar-refractivity contribution in [2.24, 2.45) is 0 Å². The van der Waals surface area contributed by atoms with Gasteiger partial charge < -0.3 is 4.74 Å². The van der Waals surface area contributed by atoms with Crippen LogP contribution < -0.4 is 0 Å². The number of hydrogen-bond acceptors (Lipinski definition) is 2. The molecule has 0 atom stereocenters. The Morgan fingerprint density at radius 2 is 2.31 bits per heavy atom. The Hall–Kier alpha value is -1.16. The van der Waals surface area contributed by atoms with E-state index in [2.05, 4.69) is 15.9 Å². The van der Waals surface area contributed by atoms with E-state index in [1.807, 2.05) is 0 Å². The van der Waals surface area contributed by atoms with Gasteiger partial charge in [-0.2, -0.15) is 0 Å². The summed E-state index contributed by atoms with van der Waals surface area (Å²) in [6, 6.07) is 4.55. The van der Waals surface area contributed by atoms with Crippen LogP contribution in [0.5, 0.6) is 0 Å². The molecule has 84 valence electrons. The van der Waals surface area contributed by atoms with Crippen molar-refractivity contribution in [1.82, 2.24) is 0 Å². The van der Waals surface area contributed by atoms with Crippen LogP contribution in [0.15, 0.2) is 23.8 Å². The van der Waals surface area contributed by atoms with Crippen LogP contribution in [0, 0.1) is 5.82 Å². The Morgan fingerprint density at radius 1 is 1.56 bits per heavy atom. The van der Waals surface area contributed by atoms with Gasteiger partial charge in [0.25, 0.3) is 0 Å². The van der Waals surface area contributed by atoms with Gasteiger partial charge in [-0.1, -0.05) is 22.0 Å². The molecule has 0 unspecified atom stereocenters. The van der Waals surface area contributed by atoms with E-state index in [4.69, 9.17) is 4.74 Å². The van der Waals surface area contributed by atoms with Crippen molar-refractivity contribution < 1.29 is 13.9 Å². The first-order chi connectivity index (χ1) is 7.61. The highest BCUT2D eigenvalue weighted by Crippen LogP contribution is 2.34. The molecular formula is C12H10BrFO2. The van der Waals surface area contributed by atoms with Crippen molar-refractivity contribution in [2.45, 2.75) is 13.3 Å². The molecule has 1 aromatic carbocycles. The minimum Gasteiger partial charge on any atom is -0.426 e. The maximum atomic E-state index is 13.1. The Kier molecular flexibility index (Phi) is 3.10. The number of carbonyl (C=O) groups is 1. The topological polar surface area (TPSA) is 26.3 Å². The van der Waals surface area contributed by atoms with Crippen LogP contribution in [-0.2, 0) is 16.0 Å². The van der Waals surface area contributed by atoms with Gasteiger partial charge in [-0.3, -0.25) is 4.79 Å². The summed E-state index contributed by atoms with van der Waals surface area (Å²) in [6.07, 6.45) is 0.698. The Bertz CT molecular complexity index is 480. The largest absolute Gasteiger partial charge is 0.426 e. The van der Waals surface area contributed by atoms with E-state index >= 15 is 0 Å². The number of esters is 1. The van der Waals surface area contributed by atoms with E-state index in [0.29, 0.717) is 23.1 Å². The summed E-state index contributed by atoms with van der Waals surface area (Å²) in [5, 5.41) is 0.617. The van der Waals surface area contributed by atoms with Crippen LogP contribution in [0.2, 0.25) is 0 Å². The highest BCUT2D eigenvalue weighted by atomic mass is 79.9. The summed E-state index contributed by atoms with van der Waals surface area (Å²) in [6.45, 7) is 1.34. The second-order valence-corrected chi connectivity index (χ2v) is 4.20. The van der Waals surface area contributed by atoms with Gasteiger partial charge in [0.1, 0.15) is 11.6 Å². The van der Waals surface area contributed by atoms with E-state index in [1.54, 1.807) is 6.07 Å². The number of rotatable bonds is 2. The molecule has 0 radical (unpaired) electrons. The van der Waals surface area contributed by atoms with Gasteiger partial charge in [0, 0.05) is 17.8 Å². The third-order valence-electron chi connectivity index (χ3n) is 2.45. The maximum Gasteiger partial charge on any atom is 0.308 e. The molecule has 4 heteroatoms. The van der Waals surface area contributed by atoms with E-state index in [0.717, 1.165) is 11.1 Å². The van der Waals surface area contributed by atoms with Crippen LogP contribution in [0.1, 0.15) is 18.1 Å². The zero-order chi connectivity index (χ0) is 11.7. The monoisotopic (exact) mass is 284 g/mol. The van der Waals surface area contributed by atoms with Crippen LogP contribution in [0.25, 0.3) is 5.76 Å². The zero-order valence-corrected chi connectivity index (χ0v) is 10.3. The number of hydrogen-bond donors (Lipinski definition) is 0. The van der Waals surface area contributed by atoms with Crippen molar-refractivity contribution in [1.29, 1.82) is 0 Å². The number of carbonyl (C=O) groups excluding carboxylic acids is 1. The second-order valence-electron chi connectivity index (χ2n) is 3.64. The van der Waals surface area contributed by atoms with Gasteiger partial charge in [-0.15, -0.1) is 0 Å². The molecule has 0 spiro atoms. The molecule has 0 bridgehead atoms. The van der Waals surface area contributed by atoms with Gasteiger partial charge >= 0.3 is 5.97 Å². The SMILES string of the molecule is CC(=O)OC1=C(CBr)Cc2ccc(F)cc21. The van der Waals surface area contributed by atoms with E-state index in [1.165, 1.54) is 19.1 Å². The summed E-state index contributed by atoms with van der Waals surface area (Å²) < 4.78 is 18.3. The molecule has 0 N–H and O–H groups in total. The van der Waals surface area contributed by atoms with Crippen LogP contribution >= 0.6 is 15.9 Å². The van der Waals surface area contributed by atoms with Gasteiger partial charge in [0.2, 0.25) is 0 Å². The highest BCUT2D eigenvalue weighted by Gasteiger charge is 2.23. The summed E-state index contributed by atoms with van der Waals surface area (Å²) in [5.41, 5.74) is 2.65. The van der Waals surface area contributed by atoms with Gasteiger partial charge in [-0.25, -0.2) is 4.39 Å². The lowest BCUT2D eigenvalue weighted by molar-refractivity contribution is -0.134. The fourth-order valence-electron chi connectivity index (χ4n) is 1.79. The molecule has 0 heterocycles. The van der Waals surface area contributed by atoms with Crippen molar-refractivity contribution >= 4 is 27.7 Å². The van der Waals surface area contributed by atoms with Crippen molar-refractivity contribution in [2.75, 3.05) is 5.33 Å². The Morgan fingerprint density at radius 3 is 2.94 bits per heavy atom. The molecule has 1 aromatic rings. The standard InChI is InChI=1S/C12H10BrFO2/c1-7(15)16-12-9(6-13)4-8-2-3-10(14)5-11(8)12/h2-3,5H,4,6H2,1H3. The molecule has 0 saturated heterocycles. The van der Waals surface area contributed by atoms with Gasteiger partial charge in [-0.05, 0) is 29.7 Å². The third-order valence-corrected chi connectivity index (χ3v) is 3.13. The minimum absolute atomic E-state index is 0.320. The Labute approximate surface area is 101 Å². The summed E-state index contributed by atoms with van der Waals surface area (Å²) in [4.78, 5) is 11.0.